The summed E-state index contributed by atoms with van der Waals surface area (Å²) in [5.41, 5.74) is -0.735. The lowest BCUT2D eigenvalue weighted by Gasteiger charge is -2.15. The van der Waals surface area contributed by atoms with Crippen LogP contribution in [0.15, 0.2) is 6.20 Å². The Balaban J connectivity index is 3.36. The van der Waals surface area contributed by atoms with Gasteiger partial charge >= 0.3 is 12.3 Å². The molecule has 0 saturated carbocycles. The average molecular weight is 281 g/mol. The van der Waals surface area contributed by atoms with Crippen LogP contribution >= 0.6 is 0 Å². The molecule has 1 aromatic rings. The molecule has 0 amide bonds. The first-order valence-corrected chi connectivity index (χ1v) is 4.99. The van der Waals surface area contributed by atoms with Crippen molar-refractivity contribution in [1.82, 2.24) is 4.98 Å². The Labute approximate surface area is 105 Å². The molecule has 9 heteroatoms. The Bertz CT molecular complexity index is 475. The van der Waals surface area contributed by atoms with Crippen LogP contribution < -0.4 is 9.47 Å². The summed E-state index contributed by atoms with van der Waals surface area (Å²) in [5.74, 6) is -3.67. The molecule has 106 valence electrons. The highest BCUT2D eigenvalue weighted by Gasteiger charge is 2.36. The van der Waals surface area contributed by atoms with Gasteiger partial charge in [0.2, 0.25) is 5.88 Å². The van der Waals surface area contributed by atoms with E-state index in [1.54, 1.807) is 0 Å². The highest BCUT2D eigenvalue weighted by Crippen LogP contribution is 2.38. The highest BCUT2D eigenvalue weighted by molar-refractivity contribution is 5.95. The standard InChI is InChI=1S/C10H10F3NO5/c1-3-18-9(16)6-7(19-10(11,12)13)5(15)4-14-8(6)17-2/h4,15H,3H2,1-2H3. The van der Waals surface area contributed by atoms with E-state index < -0.39 is 35.3 Å². The first kappa shape index (κ1) is 14.9. The maximum atomic E-state index is 12.2. The Kier molecular flexibility index (Phi) is 4.41. The van der Waals surface area contributed by atoms with Gasteiger partial charge in [0.15, 0.2) is 17.1 Å². The molecule has 0 bridgehead atoms. The van der Waals surface area contributed by atoms with E-state index in [0.29, 0.717) is 6.20 Å². The molecule has 1 aromatic heterocycles. The normalized spacial score (nSPS) is 11.0. The van der Waals surface area contributed by atoms with Crippen molar-refractivity contribution in [2.75, 3.05) is 13.7 Å². The fourth-order valence-corrected chi connectivity index (χ4v) is 1.23. The number of pyridine rings is 1. The molecule has 19 heavy (non-hydrogen) atoms. The fraction of sp³-hybridized carbons (Fsp3) is 0.400. The summed E-state index contributed by atoms with van der Waals surface area (Å²) in [6.07, 6.45) is -4.42. The topological polar surface area (TPSA) is 77.9 Å². The molecular weight excluding hydrogens is 271 g/mol. The minimum Gasteiger partial charge on any atom is -0.503 e. The Morgan fingerprint density at radius 3 is 2.58 bits per heavy atom. The van der Waals surface area contributed by atoms with E-state index in [9.17, 15) is 23.1 Å². The summed E-state index contributed by atoms with van der Waals surface area (Å²) in [6.45, 7) is 1.38. The van der Waals surface area contributed by atoms with Gasteiger partial charge in [-0.15, -0.1) is 13.2 Å². The molecule has 0 aliphatic heterocycles. The number of rotatable bonds is 4. The molecule has 0 aliphatic rings. The number of halogens is 3. The van der Waals surface area contributed by atoms with Crippen LogP contribution in [-0.2, 0) is 4.74 Å². The van der Waals surface area contributed by atoms with E-state index in [4.69, 9.17) is 0 Å². The Morgan fingerprint density at radius 1 is 1.47 bits per heavy atom. The number of aromatic nitrogens is 1. The lowest BCUT2D eigenvalue weighted by molar-refractivity contribution is -0.275. The first-order valence-electron chi connectivity index (χ1n) is 4.99. The number of hydrogen-bond acceptors (Lipinski definition) is 6. The third-order valence-corrected chi connectivity index (χ3v) is 1.87. The van der Waals surface area contributed by atoms with Crippen molar-refractivity contribution in [3.8, 4) is 17.4 Å². The zero-order chi connectivity index (χ0) is 14.6. The van der Waals surface area contributed by atoms with Crippen molar-refractivity contribution in [3.05, 3.63) is 11.8 Å². The lowest BCUT2D eigenvalue weighted by Crippen LogP contribution is -2.20. The van der Waals surface area contributed by atoms with Gasteiger partial charge in [0, 0.05) is 0 Å². The fourth-order valence-electron chi connectivity index (χ4n) is 1.23. The lowest BCUT2D eigenvalue weighted by atomic mass is 10.2. The third-order valence-electron chi connectivity index (χ3n) is 1.87. The van der Waals surface area contributed by atoms with Crippen LogP contribution in [0.4, 0.5) is 13.2 Å². The number of hydrogen-bond donors (Lipinski definition) is 1. The minimum absolute atomic E-state index is 0.0803. The van der Waals surface area contributed by atoms with E-state index in [2.05, 4.69) is 19.2 Å². The Morgan fingerprint density at radius 2 is 2.11 bits per heavy atom. The van der Waals surface area contributed by atoms with Gasteiger partial charge < -0.3 is 19.3 Å². The molecule has 0 atom stereocenters. The predicted molar refractivity (Wildman–Crippen MR) is 55.1 cm³/mol. The predicted octanol–water partition coefficient (Wildman–Crippen LogP) is 1.87. The number of alkyl halides is 3. The van der Waals surface area contributed by atoms with Crippen molar-refractivity contribution in [2.45, 2.75) is 13.3 Å². The first-order chi connectivity index (χ1) is 8.80. The SMILES string of the molecule is CCOC(=O)c1c(OC)ncc(O)c1OC(F)(F)F. The highest BCUT2D eigenvalue weighted by atomic mass is 19.4. The molecule has 0 radical (unpaired) electrons. The second kappa shape index (κ2) is 5.63. The summed E-state index contributed by atoms with van der Waals surface area (Å²) in [5, 5.41) is 9.34. The molecule has 1 heterocycles. The van der Waals surface area contributed by atoms with E-state index in [0.717, 1.165) is 7.11 Å². The van der Waals surface area contributed by atoms with Crippen molar-refractivity contribution >= 4 is 5.97 Å². The van der Waals surface area contributed by atoms with Crippen LogP contribution in [-0.4, -0.2) is 36.1 Å². The number of methoxy groups -OCH3 is 1. The number of aromatic hydroxyl groups is 1. The van der Waals surface area contributed by atoms with E-state index >= 15 is 0 Å². The summed E-state index contributed by atoms with van der Waals surface area (Å²) >= 11 is 0. The molecule has 1 rings (SSSR count). The number of carbonyl (C=O) groups excluding carboxylic acids is 1. The van der Waals surface area contributed by atoms with Gasteiger partial charge in [-0.05, 0) is 6.92 Å². The van der Waals surface area contributed by atoms with Gasteiger partial charge in [0.05, 0.1) is 19.9 Å². The smallest absolute Gasteiger partial charge is 0.503 e. The van der Waals surface area contributed by atoms with Gasteiger partial charge in [-0.3, -0.25) is 0 Å². The van der Waals surface area contributed by atoms with Crippen LogP contribution in [0.2, 0.25) is 0 Å². The molecule has 0 unspecified atom stereocenters. The molecule has 1 N–H and O–H groups in total. The van der Waals surface area contributed by atoms with Gasteiger partial charge in [-0.25, -0.2) is 9.78 Å². The van der Waals surface area contributed by atoms with Crippen LogP contribution in [0.3, 0.4) is 0 Å². The average Bonchev–Trinajstić information content (AvgIpc) is 2.30. The van der Waals surface area contributed by atoms with Gasteiger partial charge in [-0.2, -0.15) is 0 Å². The monoisotopic (exact) mass is 281 g/mol. The van der Waals surface area contributed by atoms with E-state index in [1.807, 2.05) is 0 Å². The van der Waals surface area contributed by atoms with Crippen molar-refractivity contribution in [1.29, 1.82) is 0 Å². The second-order valence-electron chi connectivity index (χ2n) is 3.13. The molecule has 0 spiro atoms. The van der Waals surface area contributed by atoms with E-state index in [1.165, 1.54) is 6.92 Å². The molecule has 0 aromatic carbocycles. The molecular formula is C10H10F3NO5. The van der Waals surface area contributed by atoms with Crippen molar-refractivity contribution in [3.63, 3.8) is 0 Å². The summed E-state index contributed by atoms with van der Waals surface area (Å²) in [6, 6.07) is 0. The number of nitrogens with zero attached hydrogens (tertiary/aromatic N) is 1. The van der Waals surface area contributed by atoms with E-state index in [-0.39, 0.29) is 6.61 Å². The van der Waals surface area contributed by atoms with Gasteiger partial charge in [0.1, 0.15) is 0 Å². The van der Waals surface area contributed by atoms with Crippen LogP contribution in [0.1, 0.15) is 17.3 Å². The van der Waals surface area contributed by atoms with Crippen LogP contribution in [0.5, 0.6) is 17.4 Å². The van der Waals surface area contributed by atoms with Crippen molar-refractivity contribution in [2.24, 2.45) is 0 Å². The Hall–Kier alpha value is -2.19. The molecule has 0 saturated heterocycles. The van der Waals surface area contributed by atoms with Crippen LogP contribution in [0, 0.1) is 0 Å². The minimum atomic E-state index is -5.09. The van der Waals surface area contributed by atoms with Gasteiger partial charge in [-0.1, -0.05) is 0 Å². The molecule has 0 aliphatic carbocycles. The third kappa shape index (κ3) is 3.63. The maximum absolute atomic E-state index is 12.2. The summed E-state index contributed by atoms with van der Waals surface area (Å²) in [4.78, 5) is 15.1. The van der Waals surface area contributed by atoms with Gasteiger partial charge in [0.25, 0.3) is 0 Å². The molecule has 0 fully saturated rings. The second-order valence-corrected chi connectivity index (χ2v) is 3.13. The summed E-state index contributed by atoms with van der Waals surface area (Å²) in [7, 11) is 1.10. The van der Waals surface area contributed by atoms with Crippen LogP contribution in [0.25, 0.3) is 0 Å². The van der Waals surface area contributed by atoms with Crippen molar-refractivity contribution < 1.29 is 37.3 Å². The number of carbonyl (C=O) groups is 1. The quantitative estimate of drug-likeness (QED) is 0.849. The number of ether oxygens (including phenoxy) is 3. The zero-order valence-corrected chi connectivity index (χ0v) is 9.95. The zero-order valence-electron chi connectivity index (χ0n) is 9.95. The number of esters is 1. The maximum Gasteiger partial charge on any atom is 0.573 e. The largest absolute Gasteiger partial charge is 0.573 e. The summed E-state index contributed by atoms with van der Waals surface area (Å²) < 4.78 is 49.5. The molecule has 6 nitrogen and oxygen atoms in total.